The minimum Gasteiger partial charge on any atom is -0.346 e. The molecular formula is C23H23F3N6O2. The van der Waals surface area contributed by atoms with E-state index in [4.69, 9.17) is 0 Å². The third-order valence-corrected chi connectivity index (χ3v) is 6.76. The van der Waals surface area contributed by atoms with E-state index in [1.165, 1.54) is 17.3 Å². The van der Waals surface area contributed by atoms with Gasteiger partial charge < -0.3 is 20.1 Å². The SMILES string of the molecule is Cc1cc(NC(=O)N(C)C2CC3(C2)CN(C(=O)c2ncnc4[nH]ccc24)C3)cc(C(F)(F)F)c1. The van der Waals surface area contributed by atoms with Gasteiger partial charge in [0.1, 0.15) is 17.7 Å². The number of fused-ring (bicyclic) bond motifs is 1. The number of H-pyrrole nitrogens is 1. The number of nitrogens with one attached hydrogen (secondary N) is 2. The normalized spacial score (nSPS) is 17.4. The molecule has 1 aliphatic heterocycles. The van der Waals surface area contributed by atoms with Gasteiger partial charge in [-0.1, -0.05) is 0 Å². The molecule has 2 fully saturated rings. The Hall–Kier alpha value is -3.63. The summed E-state index contributed by atoms with van der Waals surface area (Å²) in [5.41, 5.74) is 0.666. The average Bonchev–Trinajstić information content (AvgIpc) is 3.19. The first-order valence-electron chi connectivity index (χ1n) is 10.8. The molecule has 0 radical (unpaired) electrons. The lowest BCUT2D eigenvalue weighted by molar-refractivity contribution is -0.137. The van der Waals surface area contributed by atoms with Crippen molar-refractivity contribution in [3.05, 3.63) is 53.6 Å². The molecule has 3 heterocycles. The topological polar surface area (TPSA) is 94.2 Å². The summed E-state index contributed by atoms with van der Waals surface area (Å²) in [6.45, 7) is 2.72. The molecule has 2 aromatic heterocycles. The molecule has 3 aromatic rings. The Bertz CT molecular complexity index is 1270. The first-order chi connectivity index (χ1) is 16.0. The molecule has 3 amide bonds. The third-order valence-electron chi connectivity index (χ3n) is 6.76. The number of aryl methyl sites for hydroxylation is 1. The van der Waals surface area contributed by atoms with Gasteiger partial charge in [-0.3, -0.25) is 4.79 Å². The van der Waals surface area contributed by atoms with Gasteiger partial charge in [-0.15, -0.1) is 0 Å². The van der Waals surface area contributed by atoms with Gasteiger partial charge in [0.2, 0.25) is 0 Å². The highest BCUT2D eigenvalue weighted by atomic mass is 19.4. The fourth-order valence-corrected chi connectivity index (χ4v) is 4.97. The maximum atomic E-state index is 13.1. The second-order valence-electron chi connectivity index (χ2n) is 9.31. The third kappa shape index (κ3) is 3.84. The second kappa shape index (κ2) is 7.71. The number of amides is 3. The van der Waals surface area contributed by atoms with Gasteiger partial charge in [-0.2, -0.15) is 13.2 Å². The van der Waals surface area contributed by atoms with E-state index in [1.54, 1.807) is 31.1 Å². The number of urea groups is 1. The molecule has 1 spiro atoms. The monoisotopic (exact) mass is 472 g/mol. The molecule has 1 aromatic carbocycles. The zero-order chi connectivity index (χ0) is 24.3. The van der Waals surface area contributed by atoms with E-state index in [-0.39, 0.29) is 23.1 Å². The van der Waals surface area contributed by atoms with Gasteiger partial charge in [0.15, 0.2) is 0 Å². The first kappa shape index (κ1) is 22.2. The predicted octanol–water partition coefficient (Wildman–Crippen LogP) is 4.05. The molecule has 1 saturated heterocycles. The number of aromatic nitrogens is 3. The summed E-state index contributed by atoms with van der Waals surface area (Å²) in [6.07, 6.45) is 0.0491. The molecule has 178 valence electrons. The number of halogens is 3. The van der Waals surface area contributed by atoms with Gasteiger partial charge in [0.05, 0.1) is 10.9 Å². The zero-order valence-corrected chi connectivity index (χ0v) is 18.6. The molecule has 11 heteroatoms. The molecule has 8 nitrogen and oxygen atoms in total. The van der Waals surface area contributed by atoms with Crippen molar-refractivity contribution in [3.8, 4) is 0 Å². The van der Waals surface area contributed by atoms with Crippen molar-refractivity contribution < 1.29 is 22.8 Å². The largest absolute Gasteiger partial charge is 0.416 e. The molecule has 1 saturated carbocycles. The van der Waals surface area contributed by atoms with E-state index >= 15 is 0 Å². The number of anilines is 1. The Morgan fingerprint density at radius 1 is 1.21 bits per heavy atom. The molecule has 2 aliphatic rings. The summed E-state index contributed by atoms with van der Waals surface area (Å²) < 4.78 is 39.2. The Kier molecular flexibility index (Phi) is 5.03. The Morgan fingerprint density at radius 2 is 1.94 bits per heavy atom. The summed E-state index contributed by atoms with van der Waals surface area (Å²) in [4.78, 5) is 40.0. The van der Waals surface area contributed by atoms with Crippen LogP contribution in [-0.4, -0.2) is 62.9 Å². The minimum atomic E-state index is -4.48. The molecule has 5 rings (SSSR count). The molecule has 0 atom stereocenters. The summed E-state index contributed by atoms with van der Waals surface area (Å²) in [7, 11) is 1.64. The predicted molar refractivity (Wildman–Crippen MR) is 118 cm³/mol. The van der Waals surface area contributed by atoms with Crippen molar-refractivity contribution >= 4 is 28.7 Å². The zero-order valence-electron chi connectivity index (χ0n) is 18.6. The number of alkyl halides is 3. The standard InChI is InChI=1S/C23H23F3N6O2/c1-13-5-14(23(24,25)26)7-15(6-13)30-21(34)31(2)16-8-22(9-16)10-32(11-22)20(33)18-17-3-4-27-19(17)29-12-28-18/h3-7,12,16H,8-11H2,1-2H3,(H,30,34)(H,27,28,29). The van der Waals surface area contributed by atoms with Crippen molar-refractivity contribution in [3.63, 3.8) is 0 Å². The van der Waals surface area contributed by atoms with Gasteiger partial charge in [-0.25, -0.2) is 14.8 Å². The highest BCUT2D eigenvalue weighted by Crippen LogP contribution is 2.50. The summed E-state index contributed by atoms with van der Waals surface area (Å²) >= 11 is 0. The first-order valence-corrected chi connectivity index (χ1v) is 10.8. The van der Waals surface area contributed by atoms with Crippen LogP contribution in [0.2, 0.25) is 0 Å². The van der Waals surface area contributed by atoms with Crippen LogP contribution in [0.15, 0.2) is 36.8 Å². The number of carbonyl (C=O) groups excluding carboxylic acids is 2. The molecule has 2 N–H and O–H groups in total. The lowest BCUT2D eigenvalue weighted by atomic mass is 9.60. The van der Waals surface area contributed by atoms with Crippen LogP contribution in [0.3, 0.4) is 0 Å². The van der Waals surface area contributed by atoms with Crippen LogP contribution < -0.4 is 5.32 Å². The number of likely N-dealkylation sites (tertiary alicyclic amines) is 1. The lowest BCUT2D eigenvalue weighted by Gasteiger charge is -2.60. The second-order valence-corrected chi connectivity index (χ2v) is 9.31. The Labute approximate surface area is 193 Å². The number of benzene rings is 1. The number of nitrogens with zero attached hydrogens (tertiary/aromatic N) is 4. The van der Waals surface area contributed by atoms with E-state index in [2.05, 4.69) is 20.3 Å². The molecular weight excluding hydrogens is 449 g/mol. The van der Waals surface area contributed by atoms with E-state index in [0.29, 0.717) is 35.4 Å². The van der Waals surface area contributed by atoms with E-state index in [9.17, 15) is 22.8 Å². The summed E-state index contributed by atoms with van der Waals surface area (Å²) in [5.74, 6) is -0.146. The summed E-state index contributed by atoms with van der Waals surface area (Å²) in [5, 5.41) is 3.26. The van der Waals surface area contributed by atoms with Crippen LogP contribution in [0.1, 0.15) is 34.5 Å². The molecule has 0 bridgehead atoms. The summed E-state index contributed by atoms with van der Waals surface area (Å²) in [6, 6.07) is 4.76. The van der Waals surface area contributed by atoms with Crippen LogP contribution in [0, 0.1) is 12.3 Å². The number of hydrogen-bond acceptors (Lipinski definition) is 4. The fraction of sp³-hybridized carbons (Fsp3) is 0.391. The van der Waals surface area contributed by atoms with E-state index in [0.717, 1.165) is 25.0 Å². The highest BCUT2D eigenvalue weighted by molar-refractivity contribution is 6.04. The maximum Gasteiger partial charge on any atom is 0.416 e. The van der Waals surface area contributed by atoms with Crippen LogP contribution in [0.25, 0.3) is 11.0 Å². The average molecular weight is 472 g/mol. The van der Waals surface area contributed by atoms with Crippen LogP contribution in [-0.2, 0) is 6.18 Å². The van der Waals surface area contributed by atoms with Crippen LogP contribution in [0.4, 0.5) is 23.7 Å². The van der Waals surface area contributed by atoms with Crippen LogP contribution in [0.5, 0.6) is 0 Å². The molecule has 1 aliphatic carbocycles. The van der Waals surface area contributed by atoms with E-state index < -0.39 is 17.8 Å². The fourth-order valence-electron chi connectivity index (χ4n) is 4.97. The number of hydrogen-bond donors (Lipinski definition) is 2. The van der Waals surface area contributed by atoms with Crippen molar-refractivity contribution in [2.45, 2.75) is 32.0 Å². The smallest absolute Gasteiger partial charge is 0.346 e. The Balaban J connectivity index is 1.17. The number of aromatic amines is 1. The van der Waals surface area contributed by atoms with Crippen molar-refractivity contribution in [2.24, 2.45) is 5.41 Å². The van der Waals surface area contributed by atoms with Gasteiger partial charge in [0.25, 0.3) is 5.91 Å². The van der Waals surface area contributed by atoms with Gasteiger partial charge in [-0.05, 0) is 49.6 Å². The lowest BCUT2D eigenvalue weighted by Crippen LogP contribution is -2.67. The quantitative estimate of drug-likeness (QED) is 0.601. The van der Waals surface area contributed by atoms with Gasteiger partial charge in [0, 0.05) is 43.5 Å². The highest BCUT2D eigenvalue weighted by Gasteiger charge is 2.55. The molecule has 0 unspecified atom stereocenters. The maximum absolute atomic E-state index is 13.1. The Morgan fingerprint density at radius 3 is 2.65 bits per heavy atom. The van der Waals surface area contributed by atoms with Crippen LogP contribution >= 0.6 is 0 Å². The number of rotatable bonds is 3. The number of carbonyl (C=O) groups is 2. The van der Waals surface area contributed by atoms with Crippen molar-refractivity contribution in [2.75, 3.05) is 25.5 Å². The van der Waals surface area contributed by atoms with Crippen molar-refractivity contribution in [1.29, 1.82) is 0 Å². The van der Waals surface area contributed by atoms with Crippen molar-refractivity contribution in [1.82, 2.24) is 24.8 Å². The van der Waals surface area contributed by atoms with Gasteiger partial charge >= 0.3 is 12.2 Å². The molecule has 34 heavy (non-hydrogen) atoms. The minimum absolute atomic E-state index is 0.0358. The van der Waals surface area contributed by atoms with E-state index in [1.807, 2.05) is 0 Å².